The van der Waals surface area contributed by atoms with Crippen molar-refractivity contribution in [2.45, 2.75) is 79.4 Å². The van der Waals surface area contributed by atoms with Crippen molar-refractivity contribution >= 4 is 28.1 Å². The maximum Gasteiger partial charge on any atom is 0.509 e. The van der Waals surface area contributed by atoms with Gasteiger partial charge in [0.25, 0.3) is 0 Å². The second kappa shape index (κ2) is 11.1. The number of rotatable bonds is 6. The van der Waals surface area contributed by atoms with E-state index in [4.69, 9.17) is 14.2 Å². The maximum atomic E-state index is 13.1. The summed E-state index contributed by atoms with van der Waals surface area (Å²) in [6.07, 6.45) is 5.22. The average Bonchev–Trinajstić information content (AvgIpc) is 3.16. The number of hydrogen-bond donors (Lipinski definition) is 0. The van der Waals surface area contributed by atoms with E-state index in [1.54, 1.807) is 6.08 Å². The highest BCUT2D eigenvalue weighted by atomic mass is 79.9. The van der Waals surface area contributed by atoms with Gasteiger partial charge in [-0.05, 0) is 65.4 Å². The topological polar surface area (TPSA) is 61.8 Å². The summed E-state index contributed by atoms with van der Waals surface area (Å²) < 4.78 is 18.3. The second-order valence-electron chi connectivity index (χ2n) is 10.9. The molecule has 0 spiro atoms. The molecule has 34 heavy (non-hydrogen) atoms. The first-order valence-corrected chi connectivity index (χ1v) is 13.0. The Balaban J connectivity index is 1.85. The molecule has 4 atom stereocenters. The van der Waals surface area contributed by atoms with E-state index in [1.165, 1.54) is 6.08 Å². The Morgan fingerprint density at radius 3 is 2.38 bits per heavy atom. The van der Waals surface area contributed by atoms with Crippen LogP contribution in [0.15, 0.2) is 52.2 Å². The Labute approximate surface area is 212 Å². The lowest BCUT2D eigenvalue weighted by Gasteiger charge is -2.36. The van der Waals surface area contributed by atoms with E-state index in [9.17, 15) is 9.59 Å². The van der Waals surface area contributed by atoms with Gasteiger partial charge in [-0.15, -0.1) is 0 Å². The van der Waals surface area contributed by atoms with Crippen molar-refractivity contribution in [3.63, 3.8) is 0 Å². The van der Waals surface area contributed by atoms with Crippen molar-refractivity contribution in [1.82, 2.24) is 0 Å². The molecule has 1 aliphatic heterocycles. The summed E-state index contributed by atoms with van der Waals surface area (Å²) in [4.78, 5) is 24.8. The van der Waals surface area contributed by atoms with Crippen LogP contribution in [0, 0.1) is 23.2 Å². The number of cyclic esters (lactones) is 1. The molecular weight excluding hydrogens is 496 g/mol. The van der Waals surface area contributed by atoms with Crippen LogP contribution in [0.3, 0.4) is 0 Å². The van der Waals surface area contributed by atoms with E-state index in [-0.39, 0.29) is 17.5 Å². The van der Waals surface area contributed by atoms with E-state index >= 15 is 0 Å². The molecule has 1 aromatic carbocycles. The molecule has 2 aliphatic rings. The molecular formula is C28H37BrO5. The number of benzene rings is 1. The second-order valence-corrected chi connectivity index (χ2v) is 11.9. The molecule has 1 aromatic rings. The fourth-order valence-corrected chi connectivity index (χ4v) is 5.13. The molecule has 5 nitrogen and oxygen atoms in total. The molecule has 1 saturated carbocycles. The minimum Gasteiger partial charge on any atom is -0.431 e. The predicted molar refractivity (Wildman–Crippen MR) is 136 cm³/mol. The minimum absolute atomic E-state index is 0.138. The van der Waals surface area contributed by atoms with Gasteiger partial charge in [-0.1, -0.05) is 76.0 Å². The quantitative estimate of drug-likeness (QED) is 0.348. The van der Waals surface area contributed by atoms with Gasteiger partial charge in [-0.25, -0.2) is 9.59 Å². The number of ether oxygens (including phenoxy) is 3. The fourth-order valence-electron chi connectivity index (χ4n) is 4.87. The SMILES string of the molecule is CC(C)[C@@H]1CC[C@@H](C)C[C@H]1OC(=O)O[C@H](C/C(=C1\C=CC(=O)O1)C(C)(C)C)c1ccc(Br)cc1. The van der Waals surface area contributed by atoms with Crippen LogP contribution in [0.2, 0.25) is 0 Å². The molecule has 0 amide bonds. The molecule has 1 fully saturated rings. The molecule has 1 heterocycles. The van der Waals surface area contributed by atoms with Crippen LogP contribution in [0.1, 0.15) is 78.9 Å². The third-order valence-electron chi connectivity index (χ3n) is 6.86. The average molecular weight is 534 g/mol. The van der Waals surface area contributed by atoms with Gasteiger partial charge in [-0.3, -0.25) is 0 Å². The Morgan fingerprint density at radius 2 is 1.82 bits per heavy atom. The van der Waals surface area contributed by atoms with Gasteiger partial charge in [0, 0.05) is 17.0 Å². The number of carbonyl (C=O) groups is 2. The highest BCUT2D eigenvalue weighted by molar-refractivity contribution is 9.10. The Kier molecular flexibility index (Phi) is 8.66. The molecule has 0 aromatic heterocycles. The van der Waals surface area contributed by atoms with Gasteiger partial charge in [0.15, 0.2) is 0 Å². The zero-order chi connectivity index (χ0) is 25.0. The highest BCUT2D eigenvalue weighted by Crippen LogP contribution is 2.40. The molecule has 0 saturated heterocycles. The Hall–Kier alpha value is -2.08. The standard InChI is InChI=1S/C28H37BrO5/c1-17(2)21-12-7-18(3)15-25(21)34-27(31)33-24(19-8-10-20(29)11-9-19)16-22(28(4,5)6)23-13-14-26(30)32-23/h8-11,13-14,17-18,21,24-25H,7,12,15-16H2,1-6H3/b23-22-/t18-,21+,24-,25-/m1/s1. The number of halogens is 1. The number of hydrogen-bond acceptors (Lipinski definition) is 5. The number of allylic oxidation sites excluding steroid dienone is 1. The first-order chi connectivity index (χ1) is 15.9. The molecule has 1 aliphatic carbocycles. The van der Waals surface area contributed by atoms with Crippen molar-refractivity contribution in [2.24, 2.45) is 23.2 Å². The van der Waals surface area contributed by atoms with E-state index in [0.717, 1.165) is 34.9 Å². The lowest BCUT2D eigenvalue weighted by molar-refractivity contribution is -0.132. The first-order valence-electron chi connectivity index (χ1n) is 12.2. The van der Waals surface area contributed by atoms with Crippen LogP contribution in [0.5, 0.6) is 0 Å². The van der Waals surface area contributed by atoms with Crippen molar-refractivity contribution < 1.29 is 23.8 Å². The van der Waals surface area contributed by atoms with Crippen LogP contribution in [-0.2, 0) is 19.0 Å². The van der Waals surface area contributed by atoms with Crippen molar-refractivity contribution in [2.75, 3.05) is 0 Å². The summed E-state index contributed by atoms with van der Waals surface area (Å²) >= 11 is 3.47. The summed E-state index contributed by atoms with van der Waals surface area (Å²) in [6, 6.07) is 7.72. The molecule has 0 radical (unpaired) electrons. The zero-order valence-electron chi connectivity index (χ0n) is 21.1. The first kappa shape index (κ1) is 26.5. The Bertz CT molecular complexity index is 939. The van der Waals surface area contributed by atoms with Gasteiger partial charge in [0.1, 0.15) is 18.0 Å². The lowest BCUT2D eigenvalue weighted by atomic mass is 9.75. The van der Waals surface area contributed by atoms with Crippen LogP contribution >= 0.6 is 15.9 Å². The van der Waals surface area contributed by atoms with Crippen molar-refractivity contribution in [3.8, 4) is 0 Å². The largest absolute Gasteiger partial charge is 0.509 e. The summed E-state index contributed by atoms with van der Waals surface area (Å²) in [5, 5.41) is 0. The minimum atomic E-state index is -0.644. The predicted octanol–water partition coefficient (Wildman–Crippen LogP) is 7.91. The highest BCUT2D eigenvalue weighted by Gasteiger charge is 2.35. The van der Waals surface area contributed by atoms with E-state index in [2.05, 4.69) is 57.5 Å². The molecule has 3 rings (SSSR count). The molecule has 0 unspecified atom stereocenters. The number of carbonyl (C=O) groups excluding carboxylic acids is 2. The third kappa shape index (κ3) is 6.97. The summed E-state index contributed by atoms with van der Waals surface area (Å²) in [7, 11) is 0. The molecule has 0 N–H and O–H groups in total. The van der Waals surface area contributed by atoms with Gasteiger partial charge >= 0.3 is 12.1 Å². The van der Waals surface area contributed by atoms with E-state index in [0.29, 0.717) is 29.9 Å². The smallest absolute Gasteiger partial charge is 0.431 e. The van der Waals surface area contributed by atoms with Gasteiger partial charge in [-0.2, -0.15) is 0 Å². The monoisotopic (exact) mass is 532 g/mol. The molecule has 186 valence electrons. The normalized spacial score (nSPS) is 25.2. The summed E-state index contributed by atoms with van der Waals surface area (Å²) in [5.41, 5.74) is 1.46. The third-order valence-corrected chi connectivity index (χ3v) is 7.39. The fraction of sp³-hybridized carbons (Fsp3) is 0.571. The maximum absolute atomic E-state index is 13.1. The molecule has 0 bridgehead atoms. The van der Waals surface area contributed by atoms with Crippen molar-refractivity contribution in [1.29, 1.82) is 0 Å². The van der Waals surface area contributed by atoms with Crippen LogP contribution in [-0.4, -0.2) is 18.2 Å². The van der Waals surface area contributed by atoms with Crippen LogP contribution in [0.25, 0.3) is 0 Å². The van der Waals surface area contributed by atoms with Gasteiger partial charge in [0.05, 0.1) is 0 Å². The van der Waals surface area contributed by atoms with Crippen molar-refractivity contribution in [3.05, 3.63) is 57.8 Å². The van der Waals surface area contributed by atoms with E-state index < -0.39 is 12.3 Å². The van der Waals surface area contributed by atoms with Crippen LogP contribution in [0.4, 0.5) is 4.79 Å². The molecule has 6 heteroatoms. The van der Waals surface area contributed by atoms with Gasteiger partial charge < -0.3 is 14.2 Å². The summed E-state index contributed by atoms with van der Waals surface area (Å²) in [6.45, 7) is 12.8. The van der Waals surface area contributed by atoms with E-state index in [1.807, 2.05) is 24.3 Å². The van der Waals surface area contributed by atoms with Gasteiger partial charge in [0.2, 0.25) is 0 Å². The lowest BCUT2D eigenvalue weighted by Crippen LogP contribution is -2.36. The summed E-state index contributed by atoms with van der Waals surface area (Å²) in [5.74, 6) is 1.44. The zero-order valence-corrected chi connectivity index (χ0v) is 22.7. The van der Waals surface area contributed by atoms with Crippen LogP contribution < -0.4 is 0 Å². The number of esters is 1. The Morgan fingerprint density at radius 1 is 1.15 bits per heavy atom.